The Morgan fingerprint density at radius 2 is 1.11 bits per heavy atom. The fraction of sp³-hybridized carbons (Fsp3) is 1.00. The van der Waals surface area contributed by atoms with Gasteiger partial charge in [-0.25, -0.2) is 0 Å². The Kier molecular flexibility index (Phi) is 22.3. The first-order chi connectivity index (χ1) is 13.4. The van der Waals surface area contributed by atoms with E-state index in [0.717, 1.165) is 26.1 Å². The molecule has 0 aromatic rings. The van der Waals surface area contributed by atoms with Crippen LogP contribution in [0.3, 0.4) is 0 Å². The number of unbranched alkanes of at least 4 members (excludes halogenated alkanes) is 15. The van der Waals surface area contributed by atoms with Crippen molar-refractivity contribution in [3.63, 3.8) is 0 Å². The van der Waals surface area contributed by atoms with Crippen LogP contribution in [0.5, 0.6) is 0 Å². The summed E-state index contributed by atoms with van der Waals surface area (Å²) < 4.78 is 11.6. The molecule has 0 amide bonds. The van der Waals surface area contributed by atoms with E-state index in [4.69, 9.17) is 15.2 Å². The predicted octanol–water partition coefficient (Wildman–Crippen LogP) is 7.35. The summed E-state index contributed by atoms with van der Waals surface area (Å²) in [5.41, 5.74) is 5.63. The molecule has 0 aliphatic carbocycles. The van der Waals surface area contributed by atoms with Crippen LogP contribution in [0.1, 0.15) is 122 Å². The summed E-state index contributed by atoms with van der Waals surface area (Å²) in [6.07, 6.45) is 25.4. The lowest BCUT2D eigenvalue weighted by Gasteiger charge is -2.12. The van der Waals surface area contributed by atoms with E-state index in [1.54, 1.807) is 0 Å². The molecule has 0 bridgehead atoms. The zero-order chi connectivity index (χ0) is 19.4. The molecule has 0 radical (unpaired) electrons. The van der Waals surface area contributed by atoms with E-state index in [1.165, 1.54) is 103 Å². The topological polar surface area (TPSA) is 44.5 Å². The van der Waals surface area contributed by atoms with E-state index in [0.29, 0.717) is 12.6 Å². The second-order valence-electron chi connectivity index (χ2n) is 8.57. The highest BCUT2D eigenvalue weighted by atomic mass is 79.9. The lowest BCUT2D eigenvalue weighted by Crippen LogP contribution is -2.22. The zero-order valence-corrected chi connectivity index (χ0v) is 20.5. The second kappa shape index (κ2) is 22.1. The van der Waals surface area contributed by atoms with Crippen molar-refractivity contribution in [2.24, 2.45) is 5.73 Å². The van der Waals surface area contributed by atoms with Gasteiger partial charge in [0.05, 0.1) is 18.8 Å². The van der Waals surface area contributed by atoms with Gasteiger partial charge < -0.3 is 15.2 Å². The Bertz CT molecular complexity index is 304. The Labute approximate surface area is 186 Å². The molecule has 1 fully saturated rings. The van der Waals surface area contributed by atoms with Gasteiger partial charge in [0.2, 0.25) is 0 Å². The molecule has 2 atom stereocenters. The first-order valence-corrected chi connectivity index (χ1v) is 12.3. The van der Waals surface area contributed by atoms with Gasteiger partial charge in [-0.3, -0.25) is 0 Å². The number of halogens is 1. The monoisotopic (exact) mass is 463 g/mol. The van der Waals surface area contributed by atoms with Crippen LogP contribution < -0.4 is 5.73 Å². The number of rotatable bonds is 20. The van der Waals surface area contributed by atoms with Crippen LogP contribution in [0.4, 0.5) is 0 Å². The van der Waals surface area contributed by atoms with Crippen LogP contribution in [-0.4, -0.2) is 32.0 Å². The molecule has 0 aromatic carbocycles. The van der Waals surface area contributed by atoms with Gasteiger partial charge in [-0.05, 0) is 19.3 Å². The van der Waals surface area contributed by atoms with Crippen molar-refractivity contribution < 1.29 is 9.47 Å². The van der Waals surface area contributed by atoms with Crippen molar-refractivity contribution in [3.05, 3.63) is 0 Å². The van der Waals surface area contributed by atoms with Crippen molar-refractivity contribution in [2.75, 3.05) is 19.8 Å². The minimum Gasteiger partial charge on any atom is -0.379 e. The van der Waals surface area contributed by atoms with Crippen molar-refractivity contribution in [2.45, 2.75) is 135 Å². The summed E-state index contributed by atoms with van der Waals surface area (Å²) in [6, 6.07) is 0. The van der Waals surface area contributed by atoms with Crippen molar-refractivity contribution >= 4 is 17.0 Å². The van der Waals surface area contributed by atoms with Gasteiger partial charge in [0.25, 0.3) is 0 Å². The Balaban J connectivity index is 0.00000729. The minimum absolute atomic E-state index is 0. The smallest absolute Gasteiger partial charge is 0.0813 e. The van der Waals surface area contributed by atoms with Gasteiger partial charge in [0.15, 0.2) is 0 Å². The molecule has 0 spiro atoms. The van der Waals surface area contributed by atoms with Gasteiger partial charge >= 0.3 is 0 Å². The molecular formula is C24H50BrNO2. The third-order valence-corrected chi connectivity index (χ3v) is 5.90. The lowest BCUT2D eigenvalue weighted by molar-refractivity contribution is -0.0126. The van der Waals surface area contributed by atoms with Crippen LogP contribution in [0, 0.1) is 0 Å². The molecule has 1 aliphatic heterocycles. The van der Waals surface area contributed by atoms with E-state index >= 15 is 0 Å². The maximum absolute atomic E-state index is 5.79. The van der Waals surface area contributed by atoms with Gasteiger partial charge in [-0.15, -0.1) is 17.0 Å². The molecule has 1 saturated heterocycles. The average molecular weight is 465 g/mol. The normalized spacial score (nSPS) is 19.1. The van der Waals surface area contributed by atoms with Gasteiger partial charge in [-0.1, -0.05) is 103 Å². The molecule has 4 heteroatoms. The van der Waals surface area contributed by atoms with Crippen LogP contribution in [-0.2, 0) is 9.47 Å². The molecule has 1 heterocycles. The number of nitrogens with two attached hydrogens (primary N) is 1. The number of hydrogen-bond acceptors (Lipinski definition) is 3. The quantitative estimate of drug-likeness (QED) is 0.192. The van der Waals surface area contributed by atoms with E-state index in [1.807, 2.05) is 0 Å². The third kappa shape index (κ3) is 17.2. The molecule has 28 heavy (non-hydrogen) atoms. The van der Waals surface area contributed by atoms with E-state index in [2.05, 4.69) is 6.92 Å². The van der Waals surface area contributed by atoms with E-state index in [9.17, 15) is 0 Å². The molecular weight excluding hydrogens is 414 g/mol. The van der Waals surface area contributed by atoms with E-state index < -0.39 is 0 Å². The first kappa shape index (κ1) is 28.4. The van der Waals surface area contributed by atoms with Crippen LogP contribution in [0.25, 0.3) is 0 Å². The summed E-state index contributed by atoms with van der Waals surface area (Å²) >= 11 is 0. The third-order valence-electron chi connectivity index (χ3n) is 5.90. The summed E-state index contributed by atoms with van der Waals surface area (Å²) in [4.78, 5) is 0. The average Bonchev–Trinajstić information content (AvgIpc) is 3.15. The number of ether oxygens (including phenoxy) is 2. The fourth-order valence-electron chi connectivity index (χ4n) is 4.04. The molecule has 2 N–H and O–H groups in total. The van der Waals surface area contributed by atoms with Crippen molar-refractivity contribution in [1.29, 1.82) is 0 Å². The Morgan fingerprint density at radius 3 is 1.54 bits per heavy atom. The standard InChI is InChI=1S/C24H49NO2.BrH/c1-2-3-4-5-6-7-8-9-10-11-12-13-14-15-16-17-20-26-22-24-19-18-23(21-25)27-24;/h23-24H,2-22,25H2,1H3;1H/t23-,24-;/m0./s1. The highest BCUT2D eigenvalue weighted by molar-refractivity contribution is 8.93. The van der Waals surface area contributed by atoms with Crippen LogP contribution in [0.2, 0.25) is 0 Å². The van der Waals surface area contributed by atoms with Crippen LogP contribution >= 0.6 is 17.0 Å². The molecule has 3 nitrogen and oxygen atoms in total. The maximum Gasteiger partial charge on any atom is 0.0813 e. The maximum atomic E-state index is 5.79. The molecule has 1 aliphatic rings. The molecule has 0 saturated carbocycles. The Hall–Kier alpha value is 0.360. The highest BCUT2D eigenvalue weighted by Gasteiger charge is 2.23. The van der Waals surface area contributed by atoms with Gasteiger partial charge in [0, 0.05) is 13.2 Å². The molecule has 170 valence electrons. The number of hydrogen-bond donors (Lipinski definition) is 1. The van der Waals surface area contributed by atoms with Crippen LogP contribution in [0.15, 0.2) is 0 Å². The largest absolute Gasteiger partial charge is 0.379 e. The first-order valence-electron chi connectivity index (χ1n) is 12.3. The lowest BCUT2D eigenvalue weighted by atomic mass is 10.0. The fourth-order valence-corrected chi connectivity index (χ4v) is 4.04. The molecule has 1 rings (SSSR count). The summed E-state index contributed by atoms with van der Waals surface area (Å²) in [7, 11) is 0. The second-order valence-corrected chi connectivity index (χ2v) is 8.57. The minimum atomic E-state index is 0. The SMILES string of the molecule is Br.CCCCCCCCCCCCCCCCCCOC[C@@H]1CC[C@@H](CN)O1. The van der Waals surface area contributed by atoms with Gasteiger partial charge in [-0.2, -0.15) is 0 Å². The van der Waals surface area contributed by atoms with Crippen molar-refractivity contribution in [1.82, 2.24) is 0 Å². The van der Waals surface area contributed by atoms with E-state index in [-0.39, 0.29) is 23.1 Å². The summed E-state index contributed by atoms with van der Waals surface area (Å²) in [6.45, 7) is 4.59. The summed E-state index contributed by atoms with van der Waals surface area (Å²) in [5.74, 6) is 0. The van der Waals surface area contributed by atoms with Crippen molar-refractivity contribution in [3.8, 4) is 0 Å². The molecule has 0 aromatic heterocycles. The zero-order valence-electron chi connectivity index (χ0n) is 18.8. The van der Waals surface area contributed by atoms with Gasteiger partial charge in [0.1, 0.15) is 0 Å². The molecule has 0 unspecified atom stereocenters. The predicted molar refractivity (Wildman–Crippen MR) is 128 cm³/mol. The highest BCUT2D eigenvalue weighted by Crippen LogP contribution is 2.19. The Morgan fingerprint density at radius 1 is 0.679 bits per heavy atom. The summed E-state index contributed by atoms with van der Waals surface area (Å²) in [5, 5.41) is 0.